The molecular weight excluding hydrogens is 226 g/mol. The molecule has 0 aromatic heterocycles. The molecule has 2 atom stereocenters. The zero-order valence-corrected chi connectivity index (χ0v) is 11.0. The fourth-order valence-electron chi connectivity index (χ4n) is 2.48. The van der Waals surface area contributed by atoms with Gasteiger partial charge in [-0.3, -0.25) is 4.90 Å². The summed E-state index contributed by atoms with van der Waals surface area (Å²) in [6.45, 7) is 3.91. The van der Waals surface area contributed by atoms with Crippen LogP contribution in [0.4, 0.5) is 0 Å². The monoisotopic (exact) mass is 249 g/mol. The predicted octanol–water partition coefficient (Wildman–Crippen LogP) is 0.514. The van der Waals surface area contributed by atoms with Crippen LogP contribution in [0.1, 0.15) is 26.2 Å². The van der Waals surface area contributed by atoms with Crippen LogP contribution in [-0.2, 0) is 9.84 Å². The first-order valence-corrected chi connectivity index (χ1v) is 8.01. The summed E-state index contributed by atoms with van der Waals surface area (Å²) in [5, 5.41) is 9.25. The lowest BCUT2D eigenvalue weighted by Crippen LogP contribution is -2.44. The zero-order valence-electron chi connectivity index (χ0n) is 10.2. The Kier molecular flexibility index (Phi) is 5.21. The Morgan fingerprint density at radius 1 is 1.44 bits per heavy atom. The van der Waals surface area contributed by atoms with Gasteiger partial charge in [-0.2, -0.15) is 0 Å². The number of sulfone groups is 1. The molecule has 0 saturated carbocycles. The van der Waals surface area contributed by atoms with E-state index in [9.17, 15) is 13.5 Å². The fourth-order valence-corrected chi connectivity index (χ4v) is 3.62. The quantitative estimate of drug-likeness (QED) is 0.771. The van der Waals surface area contributed by atoms with Crippen LogP contribution >= 0.6 is 0 Å². The summed E-state index contributed by atoms with van der Waals surface area (Å²) in [6, 6.07) is 0.232. The molecule has 0 aromatic carbocycles. The molecule has 0 radical (unpaired) electrons. The highest BCUT2D eigenvalue weighted by atomic mass is 32.2. The van der Waals surface area contributed by atoms with E-state index in [2.05, 4.69) is 4.90 Å². The van der Waals surface area contributed by atoms with Gasteiger partial charge in [0.25, 0.3) is 0 Å². The van der Waals surface area contributed by atoms with Crippen molar-refractivity contribution in [2.24, 2.45) is 5.92 Å². The summed E-state index contributed by atoms with van der Waals surface area (Å²) in [5.74, 6) is 0.379. The molecule has 1 fully saturated rings. The molecule has 0 aliphatic carbocycles. The summed E-state index contributed by atoms with van der Waals surface area (Å²) >= 11 is 0. The van der Waals surface area contributed by atoms with Crippen LogP contribution in [0.15, 0.2) is 0 Å². The smallest absolute Gasteiger partial charge is 0.147 e. The van der Waals surface area contributed by atoms with Crippen LogP contribution in [0.2, 0.25) is 0 Å². The largest absolute Gasteiger partial charge is 0.395 e. The summed E-state index contributed by atoms with van der Waals surface area (Å²) in [7, 11) is -2.89. The van der Waals surface area contributed by atoms with Crippen molar-refractivity contribution in [3.8, 4) is 0 Å². The number of aliphatic hydroxyl groups excluding tert-OH is 1. The minimum atomic E-state index is -2.89. The van der Waals surface area contributed by atoms with Gasteiger partial charge >= 0.3 is 0 Å². The van der Waals surface area contributed by atoms with E-state index in [1.165, 1.54) is 12.7 Å². The first-order chi connectivity index (χ1) is 7.42. The molecule has 1 heterocycles. The topological polar surface area (TPSA) is 57.6 Å². The third-order valence-corrected chi connectivity index (χ3v) is 4.27. The van der Waals surface area contributed by atoms with Crippen LogP contribution in [0.5, 0.6) is 0 Å². The Morgan fingerprint density at radius 3 is 2.69 bits per heavy atom. The average Bonchev–Trinajstić information content (AvgIpc) is 2.15. The standard InChI is InChI=1S/C11H23NO3S/c1-10(9-16(2,14)15)7-12-6-4-3-5-11(12)8-13/h10-11,13H,3-9H2,1-2H3/t10?,11-/m1/s1. The number of rotatable bonds is 5. The Hall–Kier alpha value is -0.130. The van der Waals surface area contributed by atoms with Crippen molar-refractivity contribution in [1.29, 1.82) is 0 Å². The SMILES string of the molecule is CC(CN1CCCC[C@@H]1CO)CS(C)(=O)=O. The van der Waals surface area contributed by atoms with Gasteiger partial charge in [0.2, 0.25) is 0 Å². The molecule has 0 aromatic rings. The van der Waals surface area contributed by atoms with Crippen molar-refractivity contribution in [3.05, 3.63) is 0 Å². The maximum atomic E-state index is 11.2. The van der Waals surface area contributed by atoms with Gasteiger partial charge < -0.3 is 5.11 Å². The van der Waals surface area contributed by atoms with Crippen molar-refractivity contribution in [1.82, 2.24) is 4.90 Å². The molecule has 1 rings (SSSR count). The van der Waals surface area contributed by atoms with Gasteiger partial charge in [-0.1, -0.05) is 13.3 Å². The number of hydrogen-bond acceptors (Lipinski definition) is 4. The number of nitrogens with zero attached hydrogens (tertiary/aromatic N) is 1. The second-order valence-electron chi connectivity index (χ2n) is 5.02. The molecule has 0 spiro atoms. The molecule has 1 saturated heterocycles. The second-order valence-corrected chi connectivity index (χ2v) is 7.21. The van der Waals surface area contributed by atoms with Gasteiger partial charge in [0, 0.05) is 18.8 Å². The van der Waals surface area contributed by atoms with Crippen molar-refractivity contribution in [3.63, 3.8) is 0 Å². The van der Waals surface area contributed by atoms with Crippen LogP contribution in [0.25, 0.3) is 0 Å². The molecule has 16 heavy (non-hydrogen) atoms. The van der Waals surface area contributed by atoms with Crippen molar-refractivity contribution >= 4 is 9.84 Å². The highest BCUT2D eigenvalue weighted by Crippen LogP contribution is 2.18. The van der Waals surface area contributed by atoms with Gasteiger partial charge in [0.15, 0.2) is 0 Å². The minimum Gasteiger partial charge on any atom is -0.395 e. The Labute approximate surface area is 98.6 Å². The van der Waals surface area contributed by atoms with E-state index in [1.54, 1.807) is 0 Å². The molecule has 0 amide bonds. The molecule has 1 N–H and O–H groups in total. The van der Waals surface area contributed by atoms with Crippen molar-refractivity contribution in [2.75, 3.05) is 31.7 Å². The Morgan fingerprint density at radius 2 is 2.12 bits per heavy atom. The minimum absolute atomic E-state index is 0.141. The Bertz CT molecular complexity index is 302. The van der Waals surface area contributed by atoms with Gasteiger partial charge in [0.05, 0.1) is 12.4 Å². The highest BCUT2D eigenvalue weighted by molar-refractivity contribution is 7.90. The molecule has 96 valence electrons. The lowest BCUT2D eigenvalue weighted by molar-refractivity contribution is 0.0807. The lowest BCUT2D eigenvalue weighted by atomic mass is 10.0. The van der Waals surface area contributed by atoms with E-state index in [-0.39, 0.29) is 24.3 Å². The zero-order chi connectivity index (χ0) is 12.2. The first kappa shape index (κ1) is 13.9. The lowest BCUT2D eigenvalue weighted by Gasteiger charge is -2.36. The van der Waals surface area contributed by atoms with Crippen LogP contribution in [0, 0.1) is 5.92 Å². The van der Waals surface area contributed by atoms with Crippen LogP contribution in [-0.4, -0.2) is 56.2 Å². The summed E-state index contributed by atoms with van der Waals surface area (Å²) in [4.78, 5) is 2.24. The van der Waals surface area contributed by atoms with Gasteiger partial charge in [-0.25, -0.2) is 8.42 Å². The molecule has 4 nitrogen and oxygen atoms in total. The Balaban J connectivity index is 2.45. The number of hydrogen-bond donors (Lipinski definition) is 1. The first-order valence-electron chi connectivity index (χ1n) is 5.95. The van der Waals surface area contributed by atoms with E-state index in [1.807, 2.05) is 6.92 Å². The van der Waals surface area contributed by atoms with Gasteiger partial charge in [-0.15, -0.1) is 0 Å². The van der Waals surface area contributed by atoms with Crippen LogP contribution < -0.4 is 0 Å². The maximum Gasteiger partial charge on any atom is 0.147 e. The third kappa shape index (κ3) is 4.80. The molecule has 0 bridgehead atoms. The van der Waals surface area contributed by atoms with Gasteiger partial charge in [-0.05, 0) is 25.3 Å². The van der Waals surface area contributed by atoms with Gasteiger partial charge in [0.1, 0.15) is 9.84 Å². The summed E-state index contributed by atoms with van der Waals surface area (Å²) < 4.78 is 22.3. The van der Waals surface area contributed by atoms with E-state index in [0.717, 1.165) is 25.9 Å². The fraction of sp³-hybridized carbons (Fsp3) is 1.00. The maximum absolute atomic E-state index is 11.2. The summed E-state index contributed by atoms with van der Waals surface area (Å²) in [6.07, 6.45) is 4.63. The average molecular weight is 249 g/mol. The number of likely N-dealkylation sites (tertiary alicyclic amines) is 1. The molecular formula is C11H23NO3S. The normalized spacial score (nSPS) is 25.6. The second kappa shape index (κ2) is 5.98. The third-order valence-electron chi connectivity index (χ3n) is 3.09. The number of aliphatic hydroxyl groups is 1. The molecule has 1 aliphatic rings. The molecule has 1 aliphatic heterocycles. The van der Waals surface area contributed by atoms with Crippen LogP contribution in [0.3, 0.4) is 0 Å². The summed E-state index contributed by atoms with van der Waals surface area (Å²) in [5.41, 5.74) is 0. The van der Waals surface area contributed by atoms with Crippen molar-refractivity contribution < 1.29 is 13.5 Å². The van der Waals surface area contributed by atoms with E-state index >= 15 is 0 Å². The highest BCUT2D eigenvalue weighted by Gasteiger charge is 2.23. The van der Waals surface area contributed by atoms with Crippen molar-refractivity contribution in [2.45, 2.75) is 32.2 Å². The van der Waals surface area contributed by atoms with E-state index in [4.69, 9.17) is 0 Å². The number of piperidine rings is 1. The van der Waals surface area contributed by atoms with E-state index in [0.29, 0.717) is 0 Å². The van der Waals surface area contributed by atoms with E-state index < -0.39 is 9.84 Å². The molecule has 5 heteroatoms. The predicted molar refractivity (Wildman–Crippen MR) is 65.2 cm³/mol. The molecule has 1 unspecified atom stereocenters.